The van der Waals surface area contributed by atoms with E-state index in [-0.39, 0.29) is 17.6 Å². The molecule has 0 radical (unpaired) electrons. The van der Waals surface area contributed by atoms with Crippen molar-refractivity contribution in [3.05, 3.63) is 0 Å². The lowest BCUT2D eigenvalue weighted by atomic mass is 9.92. The molecule has 0 aromatic rings. The van der Waals surface area contributed by atoms with Gasteiger partial charge in [0, 0.05) is 7.05 Å². The molecule has 16 heavy (non-hydrogen) atoms. The van der Waals surface area contributed by atoms with E-state index in [2.05, 4.69) is 30.8 Å². The molecular weight excluding hydrogens is 206 g/mol. The van der Waals surface area contributed by atoms with Crippen LogP contribution >= 0.6 is 0 Å². The quantitative estimate of drug-likeness (QED) is 0.546. The van der Waals surface area contributed by atoms with Gasteiger partial charge < -0.3 is 10.8 Å². The Balaban J connectivity index is 4.84. The Hall–Kier alpha value is -1.39. The van der Waals surface area contributed by atoms with Gasteiger partial charge in [0.1, 0.15) is 0 Å². The maximum absolute atomic E-state index is 10.8. The Morgan fingerprint density at radius 2 is 1.75 bits per heavy atom. The second kappa shape index (κ2) is 6.25. The zero-order valence-electron chi connectivity index (χ0n) is 10.6. The second-order valence-corrected chi connectivity index (χ2v) is 4.24. The molecule has 0 aliphatic carbocycles. The summed E-state index contributed by atoms with van der Waals surface area (Å²) in [4.78, 5) is 18.5. The molecule has 0 unspecified atom stereocenters. The van der Waals surface area contributed by atoms with Gasteiger partial charge in [0.05, 0.1) is 6.04 Å². The van der Waals surface area contributed by atoms with Gasteiger partial charge in [-0.1, -0.05) is 20.8 Å². The van der Waals surface area contributed by atoms with Crippen LogP contribution in [-0.4, -0.2) is 35.7 Å². The summed E-state index contributed by atoms with van der Waals surface area (Å²) in [7, 11) is 1.39. The highest BCUT2D eigenvalue weighted by molar-refractivity contribution is 6.64. The highest BCUT2D eigenvalue weighted by Crippen LogP contribution is 2.16. The number of nitrogens with two attached hydrogens (primary N) is 1. The summed E-state index contributed by atoms with van der Waals surface area (Å²) >= 11 is 0. The van der Waals surface area contributed by atoms with E-state index < -0.39 is 5.97 Å². The molecule has 0 bridgehead atoms. The average molecular weight is 227 g/mol. The maximum Gasteiger partial charge on any atom is 0.357 e. The minimum atomic E-state index is -1.15. The van der Waals surface area contributed by atoms with E-state index in [1.807, 2.05) is 6.92 Å². The van der Waals surface area contributed by atoms with Crippen molar-refractivity contribution in [2.45, 2.75) is 33.7 Å². The van der Waals surface area contributed by atoms with Crippen LogP contribution in [0.4, 0.5) is 0 Å². The first-order valence-corrected chi connectivity index (χ1v) is 5.35. The van der Waals surface area contributed by atoms with Gasteiger partial charge in [0.25, 0.3) is 0 Å². The Kier molecular flexibility index (Phi) is 5.71. The van der Waals surface area contributed by atoms with Crippen molar-refractivity contribution in [1.82, 2.24) is 0 Å². The van der Waals surface area contributed by atoms with Crippen molar-refractivity contribution >= 4 is 17.5 Å². The molecule has 0 aromatic heterocycles. The van der Waals surface area contributed by atoms with Crippen LogP contribution in [0.25, 0.3) is 0 Å². The molecular formula is C11H21N3O2. The molecule has 0 saturated heterocycles. The zero-order chi connectivity index (χ0) is 12.9. The van der Waals surface area contributed by atoms with Crippen molar-refractivity contribution in [1.29, 1.82) is 0 Å². The van der Waals surface area contributed by atoms with Gasteiger partial charge in [-0.15, -0.1) is 0 Å². The number of aliphatic carboxylic acids is 1. The first kappa shape index (κ1) is 14.6. The molecule has 0 aliphatic heterocycles. The second-order valence-electron chi connectivity index (χ2n) is 4.24. The fourth-order valence-electron chi connectivity index (χ4n) is 1.27. The first-order chi connectivity index (χ1) is 7.31. The number of carboxylic acid groups (broad SMARTS) is 1. The van der Waals surface area contributed by atoms with Crippen molar-refractivity contribution in [2.24, 2.45) is 27.6 Å². The summed E-state index contributed by atoms with van der Waals surface area (Å²) in [5.74, 6) is -0.341. The lowest BCUT2D eigenvalue weighted by molar-refractivity contribution is -0.129. The lowest BCUT2D eigenvalue weighted by Gasteiger charge is -2.20. The van der Waals surface area contributed by atoms with Gasteiger partial charge in [-0.25, -0.2) is 4.79 Å². The van der Waals surface area contributed by atoms with Gasteiger partial charge in [-0.2, -0.15) is 0 Å². The highest BCUT2D eigenvalue weighted by atomic mass is 16.4. The van der Waals surface area contributed by atoms with Crippen molar-refractivity contribution in [3.63, 3.8) is 0 Å². The van der Waals surface area contributed by atoms with Gasteiger partial charge in [0.2, 0.25) is 0 Å². The van der Waals surface area contributed by atoms with Crippen LogP contribution < -0.4 is 5.73 Å². The summed E-state index contributed by atoms with van der Waals surface area (Å²) in [6.45, 7) is 8.18. The third-order valence-corrected chi connectivity index (χ3v) is 2.82. The predicted octanol–water partition coefficient (Wildman–Crippen LogP) is 1.18. The van der Waals surface area contributed by atoms with Gasteiger partial charge >= 0.3 is 5.97 Å². The molecule has 2 atom stereocenters. The van der Waals surface area contributed by atoms with E-state index in [1.54, 1.807) is 0 Å². The molecule has 92 valence electrons. The monoisotopic (exact) mass is 227 g/mol. The van der Waals surface area contributed by atoms with E-state index in [4.69, 9.17) is 10.8 Å². The number of hydrogen-bond acceptors (Lipinski definition) is 3. The van der Waals surface area contributed by atoms with Crippen LogP contribution in [0.3, 0.4) is 0 Å². The maximum atomic E-state index is 10.8. The van der Waals surface area contributed by atoms with Gasteiger partial charge in [0.15, 0.2) is 11.5 Å². The van der Waals surface area contributed by atoms with E-state index >= 15 is 0 Å². The van der Waals surface area contributed by atoms with Crippen molar-refractivity contribution < 1.29 is 9.90 Å². The smallest absolute Gasteiger partial charge is 0.357 e. The number of amidine groups is 1. The SMILES string of the molecule is C/N=C(C(=O)O)\C(N)=N/[C@@H](C)[C@@H](C)C(C)C. The Morgan fingerprint density at radius 3 is 2.06 bits per heavy atom. The van der Waals surface area contributed by atoms with Gasteiger partial charge in [-0.3, -0.25) is 9.98 Å². The van der Waals surface area contributed by atoms with E-state index in [9.17, 15) is 4.79 Å². The molecule has 5 heteroatoms. The normalized spacial score (nSPS) is 17.4. The topological polar surface area (TPSA) is 88.0 Å². The van der Waals surface area contributed by atoms with Crippen molar-refractivity contribution in [2.75, 3.05) is 7.05 Å². The number of carbonyl (C=O) groups is 1. The fourth-order valence-corrected chi connectivity index (χ4v) is 1.27. The van der Waals surface area contributed by atoms with E-state index in [1.165, 1.54) is 7.05 Å². The summed E-state index contributed by atoms with van der Waals surface area (Å²) in [5.41, 5.74) is 5.43. The number of rotatable bonds is 5. The van der Waals surface area contributed by atoms with Crippen LogP contribution in [0, 0.1) is 11.8 Å². The average Bonchev–Trinajstić information content (AvgIpc) is 2.16. The molecule has 5 nitrogen and oxygen atoms in total. The largest absolute Gasteiger partial charge is 0.476 e. The molecule has 0 saturated carbocycles. The molecule has 0 rings (SSSR count). The Labute approximate surface area is 96.5 Å². The minimum absolute atomic E-state index is 0.00463. The molecule has 0 heterocycles. The third kappa shape index (κ3) is 4.00. The highest BCUT2D eigenvalue weighted by Gasteiger charge is 2.18. The van der Waals surface area contributed by atoms with E-state index in [0.29, 0.717) is 11.8 Å². The number of nitrogens with zero attached hydrogens (tertiary/aromatic N) is 2. The predicted molar refractivity (Wildman–Crippen MR) is 66.1 cm³/mol. The van der Waals surface area contributed by atoms with Crippen LogP contribution in [0.1, 0.15) is 27.7 Å². The fraction of sp³-hybridized carbons (Fsp3) is 0.727. The molecule has 0 spiro atoms. The number of hydrogen-bond donors (Lipinski definition) is 2. The lowest BCUT2D eigenvalue weighted by Crippen LogP contribution is -2.33. The molecule has 0 amide bonds. The standard InChI is InChI=1S/C11H21N3O2/c1-6(2)7(3)8(4)14-10(12)9(13-5)11(15)16/h6-8H,1-5H3,(H2,12,14)(H,15,16)/b13-9+/t7-,8-/m0/s1. The summed E-state index contributed by atoms with van der Waals surface area (Å²) in [6, 6.07) is -0.0175. The molecule has 0 aliphatic rings. The van der Waals surface area contributed by atoms with Gasteiger partial charge in [-0.05, 0) is 18.8 Å². The van der Waals surface area contributed by atoms with Crippen molar-refractivity contribution in [3.8, 4) is 0 Å². The third-order valence-electron chi connectivity index (χ3n) is 2.82. The molecule has 3 N–H and O–H groups in total. The minimum Gasteiger partial charge on any atom is -0.476 e. The number of carboxylic acids is 1. The summed E-state index contributed by atoms with van der Waals surface area (Å²) < 4.78 is 0. The summed E-state index contributed by atoms with van der Waals surface area (Å²) in [5, 5.41) is 8.81. The summed E-state index contributed by atoms with van der Waals surface area (Å²) in [6.07, 6.45) is 0. The molecule has 0 fully saturated rings. The zero-order valence-corrected chi connectivity index (χ0v) is 10.6. The van der Waals surface area contributed by atoms with Crippen LogP contribution in [-0.2, 0) is 4.79 Å². The first-order valence-electron chi connectivity index (χ1n) is 5.35. The molecule has 0 aromatic carbocycles. The van der Waals surface area contributed by atoms with Crippen LogP contribution in [0.5, 0.6) is 0 Å². The number of aliphatic imine (C=N–C) groups is 2. The van der Waals surface area contributed by atoms with E-state index in [0.717, 1.165) is 0 Å². The van der Waals surface area contributed by atoms with Crippen LogP contribution in [0.15, 0.2) is 9.98 Å². The van der Waals surface area contributed by atoms with Crippen LogP contribution in [0.2, 0.25) is 0 Å². The Morgan fingerprint density at radius 1 is 1.25 bits per heavy atom. The Bertz CT molecular complexity index is 308.